The molecule has 7 heteroatoms. The first-order valence-corrected chi connectivity index (χ1v) is 9.81. The van der Waals surface area contributed by atoms with Crippen molar-refractivity contribution in [2.24, 2.45) is 5.92 Å². The summed E-state index contributed by atoms with van der Waals surface area (Å²) in [7, 11) is 0. The average molecular weight is 365 g/mol. The average Bonchev–Trinajstić information content (AvgIpc) is 3.36. The Morgan fingerprint density at radius 3 is 3.15 bits per heavy atom. The molecule has 3 aromatic heterocycles. The van der Waals surface area contributed by atoms with Crippen LogP contribution in [0.25, 0.3) is 10.9 Å². The molecule has 0 spiro atoms. The van der Waals surface area contributed by atoms with Gasteiger partial charge < -0.3 is 9.80 Å². The summed E-state index contributed by atoms with van der Waals surface area (Å²) in [5.41, 5.74) is 2.16. The third kappa shape index (κ3) is 2.63. The lowest BCUT2D eigenvalue weighted by atomic mass is 10.0. The van der Waals surface area contributed by atoms with Gasteiger partial charge >= 0.3 is 0 Å². The third-order valence-electron chi connectivity index (χ3n) is 5.37. The summed E-state index contributed by atoms with van der Waals surface area (Å²) in [5.74, 6) is 1.23. The predicted octanol–water partition coefficient (Wildman–Crippen LogP) is 2.50. The number of anilines is 1. The number of amides is 1. The second-order valence-electron chi connectivity index (χ2n) is 6.90. The number of aromatic nitrogens is 3. The number of pyridine rings is 1. The molecule has 1 saturated heterocycles. The zero-order chi connectivity index (χ0) is 17.5. The smallest absolute Gasteiger partial charge is 0.227 e. The molecule has 5 heterocycles. The molecule has 1 atom stereocenters. The van der Waals surface area contributed by atoms with E-state index in [0.29, 0.717) is 0 Å². The molecular weight excluding hydrogens is 346 g/mol. The van der Waals surface area contributed by atoms with Crippen molar-refractivity contribution < 1.29 is 4.79 Å². The second kappa shape index (κ2) is 6.32. The molecule has 0 aliphatic carbocycles. The van der Waals surface area contributed by atoms with E-state index in [9.17, 15) is 4.79 Å². The molecule has 26 heavy (non-hydrogen) atoms. The van der Waals surface area contributed by atoms with Gasteiger partial charge in [0.1, 0.15) is 12.1 Å². The monoisotopic (exact) mass is 365 g/mol. The summed E-state index contributed by atoms with van der Waals surface area (Å²) >= 11 is 1.80. The van der Waals surface area contributed by atoms with Crippen molar-refractivity contribution in [3.8, 4) is 0 Å². The number of carbonyl (C=O) groups is 1. The number of thiophene rings is 1. The van der Waals surface area contributed by atoms with Gasteiger partial charge in [-0.05, 0) is 35.9 Å². The van der Waals surface area contributed by atoms with Crippen LogP contribution in [-0.2, 0) is 17.8 Å². The van der Waals surface area contributed by atoms with Crippen LogP contribution in [0.4, 0.5) is 5.82 Å². The highest BCUT2D eigenvalue weighted by Crippen LogP contribution is 2.30. The maximum Gasteiger partial charge on any atom is 0.227 e. The highest BCUT2D eigenvalue weighted by Gasteiger charge is 2.34. The van der Waals surface area contributed by atoms with Gasteiger partial charge in [-0.2, -0.15) is 0 Å². The minimum Gasteiger partial charge on any atom is -0.355 e. The normalized spacial score (nSPS) is 19.8. The van der Waals surface area contributed by atoms with E-state index in [1.165, 1.54) is 10.4 Å². The topological polar surface area (TPSA) is 62.2 Å². The molecule has 1 unspecified atom stereocenters. The lowest BCUT2D eigenvalue weighted by Gasteiger charge is -2.29. The Bertz CT molecular complexity index is 966. The number of hydrogen-bond donors (Lipinski definition) is 0. The minimum atomic E-state index is 0.0436. The predicted molar refractivity (Wildman–Crippen MR) is 101 cm³/mol. The lowest BCUT2D eigenvalue weighted by Crippen LogP contribution is -2.40. The number of hydrogen-bond acceptors (Lipinski definition) is 6. The maximum absolute atomic E-state index is 13.0. The van der Waals surface area contributed by atoms with Gasteiger partial charge in [-0.25, -0.2) is 9.97 Å². The van der Waals surface area contributed by atoms with Crippen LogP contribution in [0, 0.1) is 5.92 Å². The van der Waals surface area contributed by atoms with E-state index in [-0.39, 0.29) is 11.8 Å². The van der Waals surface area contributed by atoms with Gasteiger partial charge in [0, 0.05) is 42.6 Å². The molecule has 0 aromatic carbocycles. The zero-order valence-corrected chi connectivity index (χ0v) is 15.2. The van der Waals surface area contributed by atoms with E-state index in [2.05, 4.69) is 31.3 Å². The van der Waals surface area contributed by atoms with Crippen molar-refractivity contribution in [1.82, 2.24) is 19.9 Å². The summed E-state index contributed by atoms with van der Waals surface area (Å²) < 4.78 is 0. The lowest BCUT2D eigenvalue weighted by molar-refractivity contribution is -0.135. The van der Waals surface area contributed by atoms with Gasteiger partial charge in [-0.15, -0.1) is 11.3 Å². The van der Waals surface area contributed by atoms with Gasteiger partial charge in [-0.3, -0.25) is 9.78 Å². The zero-order valence-electron chi connectivity index (χ0n) is 14.3. The molecule has 132 valence electrons. The van der Waals surface area contributed by atoms with E-state index >= 15 is 0 Å². The molecule has 0 bridgehead atoms. The van der Waals surface area contributed by atoms with E-state index in [1.54, 1.807) is 30.1 Å². The van der Waals surface area contributed by atoms with Gasteiger partial charge in [0.15, 0.2) is 0 Å². The van der Waals surface area contributed by atoms with Crippen molar-refractivity contribution in [2.45, 2.75) is 19.4 Å². The van der Waals surface area contributed by atoms with Crippen molar-refractivity contribution in [2.75, 3.05) is 24.5 Å². The molecule has 0 radical (unpaired) electrons. The van der Waals surface area contributed by atoms with Crippen LogP contribution < -0.4 is 4.90 Å². The molecule has 5 rings (SSSR count). The molecule has 3 aromatic rings. The SMILES string of the molecule is O=C(C1CCN(c2ncnc3cnccc23)C1)N1CCc2sccc2C1. The third-order valence-corrected chi connectivity index (χ3v) is 6.40. The van der Waals surface area contributed by atoms with E-state index < -0.39 is 0 Å². The van der Waals surface area contributed by atoms with Gasteiger partial charge in [0.05, 0.1) is 17.6 Å². The number of nitrogens with zero attached hydrogens (tertiary/aromatic N) is 5. The molecular formula is C19H19N5OS. The Balaban J connectivity index is 1.33. The van der Waals surface area contributed by atoms with Crippen molar-refractivity contribution in [3.63, 3.8) is 0 Å². The Labute approximate surface area is 155 Å². The quantitative estimate of drug-likeness (QED) is 0.698. The van der Waals surface area contributed by atoms with Crippen molar-refractivity contribution in [1.29, 1.82) is 0 Å². The van der Waals surface area contributed by atoms with Crippen LogP contribution >= 0.6 is 11.3 Å². The summed E-state index contributed by atoms with van der Waals surface area (Å²) in [6.07, 6.45) is 6.96. The summed E-state index contributed by atoms with van der Waals surface area (Å²) in [6.45, 7) is 3.17. The first-order valence-electron chi connectivity index (χ1n) is 8.93. The Morgan fingerprint density at radius 2 is 2.19 bits per heavy atom. The van der Waals surface area contributed by atoms with Gasteiger partial charge in [0.25, 0.3) is 0 Å². The molecule has 0 N–H and O–H groups in total. The standard InChI is InChI=1S/C19H19N5OS/c25-19(24-7-3-17-13(10-24)4-8-26-17)14-2-6-23(11-14)18-15-1-5-20-9-16(15)21-12-22-18/h1,4-5,8-9,12,14H,2-3,6-7,10-11H2. The van der Waals surface area contributed by atoms with Crippen molar-refractivity contribution in [3.05, 3.63) is 46.7 Å². The molecule has 2 aliphatic rings. The number of rotatable bonds is 2. The Hall–Kier alpha value is -2.54. The number of fused-ring (bicyclic) bond motifs is 2. The fourth-order valence-corrected chi connectivity index (χ4v) is 4.88. The molecule has 6 nitrogen and oxygen atoms in total. The maximum atomic E-state index is 13.0. The first kappa shape index (κ1) is 15.7. The molecule has 1 amide bonds. The first-order chi connectivity index (χ1) is 12.8. The summed E-state index contributed by atoms with van der Waals surface area (Å²) in [5, 5.41) is 3.13. The van der Waals surface area contributed by atoms with E-state index in [4.69, 9.17) is 0 Å². The molecule has 2 aliphatic heterocycles. The Morgan fingerprint density at radius 1 is 1.23 bits per heavy atom. The summed E-state index contributed by atoms with van der Waals surface area (Å²) in [4.78, 5) is 31.6. The van der Waals surface area contributed by atoms with Crippen LogP contribution in [-0.4, -0.2) is 45.4 Å². The second-order valence-corrected chi connectivity index (χ2v) is 7.90. The summed E-state index contributed by atoms with van der Waals surface area (Å²) in [6, 6.07) is 4.10. The van der Waals surface area contributed by atoms with E-state index in [1.807, 2.05) is 11.0 Å². The molecule has 1 fully saturated rings. The van der Waals surface area contributed by atoms with Crippen molar-refractivity contribution >= 4 is 34.0 Å². The Kier molecular flexibility index (Phi) is 3.81. The highest BCUT2D eigenvalue weighted by atomic mass is 32.1. The number of carbonyl (C=O) groups excluding carboxylic acids is 1. The fraction of sp³-hybridized carbons (Fsp3) is 0.368. The largest absolute Gasteiger partial charge is 0.355 e. The van der Waals surface area contributed by atoms with Crippen LogP contribution in [0.2, 0.25) is 0 Å². The highest BCUT2D eigenvalue weighted by molar-refractivity contribution is 7.10. The van der Waals surface area contributed by atoms with Crippen LogP contribution in [0.1, 0.15) is 16.9 Å². The molecule has 0 saturated carbocycles. The van der Waals surface area contributed by atoms with E-state index in [0.717, 1.165) is 55.7 Å². The van der Waals surface area contributed by atoms with Crippen LogP contribution in [0.15, 0.2) is 36.2 Å². The van der Waals surface area contributed by atoms with Gasteiger partial charge in [-0.1, -0.05) is 0 Å². The fourth-order valence-electron chi connectivity index (χ4n) is 3.99. The van der Waals surface area contributed by atoms with Gasteiger partial charge in [0.2, 0.25) is 5.91 Å². The van der Waals surface area contributed by atoms with Crippen LogP contribution in [0.3, 0.4) is 0 Å². The van der Waals surface area contributed by atoms with Crippen LogP contribution in [0.5, 0.6) is 0 Å². The minimum absolute atomic E-state index is 0.0436.